The maximum atomic E-state index is 11.6. The fourth-order valence-corrected chi connectivity index (χ4v) is 2.10. The summed E-state index contributed by atoms with van der Waals surface area (Å²) in [6.07, 6.45) is 0. The third-order valence-corrected chi connectivity index (χ3v) is 3.36. The van der Waals surface area contributed by atoms with Gasteiger partial charge in [-0.05, 0) is 37.6 Å². The Morgan fingerprint density at radius 2 is 1.95 bits per heavy atom. The molecule has 0 aliphatic heterocycles. The van der Waals surface area contributed by atoms with Gasteiger partial charge in [0.25, 0.3) is 0 Å². The second kappa shape index (κ2) is 6.31. The molecule has 2 aromatic carbocycles. The van der Waals surface area contributed by atoms with Crippen LogP contribution < -0.4 is 5.32 Å². The van der Waals surface area contributed by atoms with Crippen molar-refractivity contribution in [2.45, 2.75) is 20.4 Å². The summed E-state index contributed by atoms with van der Waals surface area (Å²) in [6, 6.07) is 10.8. The van der Waals surface area contributed by atoms with E-state index in [0.717, 1.165) is 22.4 Å². The number of aromatic hydroxyl groups is 1. The van der Waals surface area contributed by atoms with E-state index in [1.54, 1.807) is 18.2 Å². The zero-order valence-electron chi connectivity index (χ0n) is 12.4. The Kier molecular flexibility index (Phi) is 4.48. The van der Waals surface area contributed by atoms with Crippen molar-refractivity contribution in [2.24, 2.45) is 0 Å². The Balaban J connectivity index is 2.19. The van der Waals surface area contributed by atoms with Crippen LogP contribution in [-0.4, -0.2) is 18.2 Å². The van der Waals surface area contributed by atoms with Crippen LogP contribution >= 0.6 is 0 Å². The van der Waals surface area contributed by atoms with Crippen LogP contribution in [0.2, 0.25) is 0 Å². The Morgan fingerprint density at radius 3 is 2.67 bits per heavy atom. The van der Waals surface area contributed by atoms with E-state index in [-0.39, 0.29) is 11.7 Å². The first-order valence-corrected chi connectivity index (χ1v) is 6.72. The number of nitrogens with one attached hydrogen (secondary N) is 1. The predicted octanol–water partition coefficient (Wildman–Crippen LogP) is 3.41. The lowest BCUT2D eigenvalue weighted by Crippen LogP contribution is -2.05. The summed E-state index contributed by atoms with van der Waals surface area (Å²) < 4.78 is 4.72. The second-order valence-corrected chi connectivity index (χ2v) is 5.01. The molecule has 0 spiro atoms. The molecule has 0 aliphatic rings. The number of phenolic OH excluding ortho intramolecular Hbond substituents is 1. The molecule has 0 heterocycles. The number of methoxy groups -OCH3 is 1. The third-order valence-electron chi connectivity index (χ3n) is 3.36. The van der Waals surface area contributed by atoms with Gasteiger partial charge in [0.1, 0.15) is 5.75 Å². The number of benzene rings is 2. The number of ether oxygens (including phenoxy) is 1. The Bertz CT molecular complexity index is 665. The van der Waals surface area contributed by atoms with Crippen molar-refractivity contribution in [2.75, 3.05) is 12.4 Å². The minimum atomic E-state index is -0.364. The molecule has 2 N–H and O–H groups in total. The smallest absolute Gasteiger partial charge is 0.337 e. The van der Waals surface area contributed by atoms with E-state index >= 15 is 0 Å². The predicted molar refractivity (Wildman–Crippen MR) is 82.7 cm³/mol. The Morgan fingerprint density at radius 1 is 1.19 bits per heavy atom. The van der Waals surface area contributed by atoms with Gasteiger partial charge in [0.15, 0.2) is 0 Å². The van der Waals surface area contributed by atoms with Crippen molar-refractivity contribution in [3.05, 3.63) is 58.7 Å². The number of phenols is 1. The molecule has 4 nitrogen and oxygen atoms in total. The van der Waals surface area contributed by atoms with E-state index in [1.807, 2.05) is 32.0 Å². The number of rotatable bonds is 4. The van der Waals surface area contributed by atoms with Gasteiger partial charge in [0.05, 0.1) is 12.7 Å². The highest BCUT2D eigenvalue weighted by molar-refractivity contribution is 5.90. The molecule has 0 unspecified atom stereocenters. The molecular weight excluding hydrogens is 266 g/mol. The summed E-state index contributed by atoms with van der Waals surface area (Å²) in [5.74, 6) is -0.105. The van der Waals surface area contributed by atoms with E-state index < -0.39 is 0 Å². The molecular formula is C17H19NO3. The zero-order chi connectivity index (χ0) is 15.4. The number of hydrogen-bond acceptors (Lipinski definition) is 4. The molecule has 0 fully saturated rings. The molecule has 2 aromatic rings. The van der Waals surface area contributed by atoms with Gasteiger partial charge in [-0.15, -0.1) is 0 Å². The van der Waals surface area contributed by atoms with Gasteiger partial charge >= 0.3 is 5.97 Å². The normalized spacial score (nSPS) is 10.2. The van der Waals surface area contributed by atoms with Crippen molar-refractivity contribution in [3.63, 3.8) is 0 Å². The number of carbonyl (C=O) groups excluding carboxylic acids is 1. The molecule has 0 radical (unpaired) electrons. The quantitative estimate of drug-likeness (QED) is 0.845. The Labute approximate surface area is 124 Å². The van der Waals surface area contributed by atoms with Crippen molar-refractivity contribution < 1.29 is 14.6 Å². The third kappa shape index (κ3) is 3.54. The minimum Gasteiger partial charge on any atom is -0.508 e. The van der Waals surface area contributed by atoms with E-state index in [0.29, 0.717) is 12.1 Å². The maximum absolute atomic E-state index is 11.6. The SMILES string of the molecule is COC(=O)c1ccc(C)c(NCc2cc(C)ccc2O)c1. The molecule has 0 bridgehead atoms. The first kappa shape index (κ1) is 14.9. The van der Waals surface area contributed by atoms with Gasteiger partial charge in [0.2, 0.25) is 0 Å². The van der Waals surface area contributed by atoms with Crippen molar-refractivity contribution in [1.82, 2.24) is 0 Å². The van der Waals surface area contributed by atoms with Crippen LogP contribution in [0.4, 0.5) is 5.69 Å². The number of hydrogen-bond donors (Lipinski definition) is 2. The summed E-state index contributed by atoms with van der Waals surface area (Å²) in [4.78, 5) is 11.6. The molecule has 110 valence electrons. The number of anilines is 1. The van der Waals surface area contributed by atoms with E-state index in [4.69, 9.17) is 4.74 Å². The highest BCUT2D eigenvalue weighted by Crippen LogP contribution is 2.22. The average molecular weight is 285 g/mol. The lowest BCUT2D eigenvalue weighted by Gasteiger charge is -2.12. The Hall–Kier alpha value is -2.49. The summed E-state index contributed by atoms with van der Waals surface area (Å²) in [5.41, 5.74) is 4.27. The van der Waals surface area contributed by atoms with E-state index in [9.17, 15) is 9.90 Å². The number of carbonyl (C=O) groups is 1. The molecule has 0 aliphatic carbocycles. The molecule has 4 heteroatoms. The van der Waals surface area contributed by atoms with E-state index in [2.05, 4.69) is 5.32 Å². The van der Waals surface area contributed by atoms with Crippen LogP contribution in [0.3, 0.4) is 0 Å². The standard InChI is InChI=1S/C17H19NO3/c1-11-4-7-16(19)14(8-11)10-18-15-9-13(17(20)21-3)6-5-12(15)2/h4-9,18-19H,10H2,1-3H3. The first-order chi connectivity index (χ1) is 10.0. The monoisotopic (exact) mass is 285 g/mol. The van der Waals surface area contributed by atoms with Crippen LogP contribution in [0.15, 0.2) is 36.4 Å². The van der Waals surface area contributed by atoms with Crippen LogP contribution in [0.1, 0.15) is 27.0 Å². The first-order valence-electron chi connectivity index (χ1n) is 6.72. The van der Waals surface area contributed by atoms with Crippen LogP contribution in [0.5, 0.6) is 5.75 Å². The average Bonchev–Trinajstić information content (AvgIpc) is 2.48. The molecule has 21 heavy (non-hydrogen) atoms. The van der Waals surface area contributed by atoms with Gasteiger partial charge in [-0.25, -0.2) is 4.79 Å². The maximum Gasteiger partial charge on any atom is 0.337 e. The van der Waals surface area contributed by atoms with Crippen molar-refractivity contribution in [3.8, 4) is 5.75 Å². The van der Waals surface area contributed by atoms with Gasteiger partial charge in [-0.3, -0.25) is 0 Å². The van der Waals surface area contributed by atoms with Crippen LogP contribution in [0, 0.1) is 13.8 Å². The zero-order valence-corrected chi connectivity index (χ0v) is 12.4. The van der Waals surface area contributed by atoms with Crippen LogP contribution in [-0.2, 0) is 11.3 Å². The summed E-state index contributed by atoms with van der Waals surface area (Å²) in [5, 5.41) is 13.1. The number of esters is 1. The summed E-state index contributed by atoms with van der Waals surface area (Å²) >= 11 is 0. The lowest BCUT2D eigenvalue weighted by molar-refractivity contribution is 0.0601. The largest absolute Gasteiger partial charge is 0.508 e. The van der Waals surface area contributed by atoms with Crippen molar-refractivity contribution >= 4 is 11.7 Å². The number of aryl methyl sites for hydroxylation is 2. The molecule has 0 aromatic heterocycles. The molecule has 0 saturated carbocycles. The lowest BCUT2D eigenvalue weighted by atomic mass is 10.1. The second-order valence-electron chi connectivity index (χ2n) is 5.01. The highest BCUT2D eigenvalue weighted by atomic mass is 16.5. The molecule has 0 saturated heterocycles. The fourth-order valence-electron chi connectivity index (χ4n) is 2.10. The minimum absolute atomic E-state index is 0.259. The molecule has 0 amide bonds. The van der Waals surface area contributed by atoms with Gasteiger partial charge in [0, 0.05) is 17.8 Å². The van der Waals surface area contributed by atoms with Crippen molar-refractivity contribution in [1.29, 1.82) is 0 Å². The summed E-state index contributed by atoms with van der Waals surface area (Å²) in [7, 11) is 1.36. The van der Waals surface area contributed by atoms with E-state index in [1.165, 1.54) is 7.11 Å². The van der Waals surface area contributed by atoms with Gasteiger partial charge in [-0.2, -0.15) is 0 Å². The summed E-state index contributed by atoms with van der Waals surface area (Å²) in [6.45, 7) is 4.42. The molecule has 0 atom stereocenters. The van der Waals surface area contributed by atoms with Crippen LogP contribution in [0.25, 0.3) is 0 Å². The fraction of sp³-hybridized carbons (Fsp3) is 0.235. The topological polar surface area (TPSA) is 58.6 Å². The highest BCUT2D eigenvalue weighted by Gasteiger charge is 2.08. The van der Waals surface area contributed by atoms with Gasteiger partial charge in [-0.1, -0.05) is 23.8 Å². The molecule has 2 rings (SSSR count). The van der Waals surface area contributed by atoms with Gasteiger partial charge < -0.3 is 15.2 Å².